The Labute approximate surface area is 130 Å². The molecule has 0 aliphatic rings. The first-order chi connectivity index (χ1) is 9.60. The molecule has 0 unspecified atom stereocenters. The topological polar surface area (TPSA) is 46.5 Å². The summed E-state index contributed by atoms with van der Waals surface area (Å²) < 4.78 is 5.90. The summed E-state index contributed by atoms with van der Waals surface area (Å²) in [7, 11) is 0. The summed E-state index contributed by atoms with van der Waals surface area (Å²) in [6.45, 7) is 2.06. The van der Waals surface area contributed by atoms with Gasteiger partial charge >= 0.3 is 5.97 Å². The van der Waals surface area contributed by atoms with Gasteiger partial charge in [-0.2, -0.15) is 0 Å². The molecule has 0 amide bonds. The maximum absolute atomic E-state index is 11.6. The molecule has 1 N–H and O–H groups in total. The van der Waals surface area contributed by atoms with Crippen LogP contribution in [0.5, 0.6) is 5.75 Å². The van der Waals surface area contributed by atoms with Crippen molar-refractivity contribution in [3.63, 3.8) is 0 Å². The highest BCUT2D eigenvalue weighted by molar-refractivity contribution is 9.10. The van der Waals surface area contributed by atoms with Crippen molar-refractivity contribution in [1.82, 2.24) is 0 Å². The van der Waals surface area contributed by atoms with Crippen molar-refractivity contribution in [3.05, 3.63) is 52.5 Å². The van der Waals surface area contributed by atoms with Crippen LogP contribution >= 0.6 is 27.7 Å². The molecular formula is C15H13BrO3S. The fourth-order valence-electron chi connectivity index (χ4n) is 1.57. The fraction of sp³-hybridized carbons (Fsp3) is 0.133. The molecular weight excluding hydrogens is 340 g/mol. The van der Waals surface area contributed by atoms with Crippen molar-refractivity contribution < 1.29 is 14.6 Å². The van der Waals surface area contributed by atoms with E-state index in [-0.39, 0.29) is 5.75 Å². The van der Waals surface area contributed by atoms with E-state index in [1.807, 2.05) is 24.3 Å². The van der Waals surface area contributed by atoms with Crippen LogP contribution in [-0.2, 0) is 4.74 Å². The third kappa shape index (κ3) is 3.77. The van der Waals surface area contributed by atoms with Crippen LogP contribution in [0.4, 0.5) is 0 Å². The minimum absolute atomic E-state index is 0.0727. The van der Waals surface area contributed by atoms with E-state index >= 15 is 0 Å². The molecule has 2 rings (SSSR count). The smallest absolute Gasteiger partial charge is 0.338 e. The molecule has 0 saturated heterocycles. The second-order valence-corrected chi connectivity index (χ2v) is 5.99. The van der Waals surface area contributed by atoms with Gasteiger partial charge in [0.1, 0.15) is 5.75 Å². The van der Waals surface area contributed by atoms with Crippen LogP contribution in [0.25, 0.3) is 0 Å². The maximum Gasteiger partial charge on any atom is 0.338 e. The number of carbonyl (C=O) groups is 1. The first kappa shape index (κ1) is 14.9. The van der Waals surface area contributed by atoms with E-state index in [0.717, 1.165) is 9.37 Å². The van der Waals surface area contributed by atoms with Gasteiger partial charge in [0.25, 0.3) is 0 Å². The molecule has 104 valence electrons. The highest BCUT2D eigenvalue weighted by atomic mass is 79.9. The lowest BCUT2D eigenvalue weighted by Gasteiger charge is -2.07. The maximum atomic E-state index is 11.6. The number of halogens is 1. The molecule has 3 nitrogen and oxygen atoms in total. The molecule has 5 heteroatoms. The number of benzene rings is 2. The summed E-state index contributed by atoms with van der Waals surface area (Å²) in [6, 6.07) is 12.6. The van der Waals surface area contributed by atoms with Crippen LogP contribution in [0.1, 0.15) is 17.3 Å². The van der Waals surface area contributed by atoms with E-state index in [0.29, 0.717) is 17.1 Å². The standard InChI is InChI=1S/C15H13BrO3S/c1-2-19-15(18)10-3-8-14(13(17)9-10)20-12-6-4-11(16)5-7-12/h3-9,17H,2H2,1H3. The Hall–Kier alpha value is -1.46. The number of aromatic hydroxyl groups is 1. The zero-order valence-corrected chi connectivity index (χ0v) is 13.2. The Kier molecular flexibility index (Phi) is 5.09. The van der Waals surface area contributed by atoms with Gasteiger partial charge in [0.2, 0.25) is 0 Å². The molecule has 2 aromatic rings. The van der Waals surface area contributed by atoms with E-state index in [4.69, 9.17) is 4.74 Å². The quantitative estimate of drug-likeness (QED) is 0.823. The van der Waals surface area contributed by atoms with E-state index in [9.17, 15) is 9.90 Å². The number of esters is 1. The monoisotopic (exact) mass is 352 g/mol. The van der Waals surface area contributed by atoms with Crippen LogP contribution in [-0.4, -0.2) is 17.7 Å². The van der Waals surface area contributed by atoms with Crippen molar-refractivity contribution in [3.8, 4) is 5.75 Å². The van der Waals surface area contributed by atoms with Crippen molar-refractivity contribution in [2.45, 2.75) is 16.7 Å². The Morgan fingerprint density at radius 2 is 1.95 bits per heavy atom. The first-order valence-electron chi connectivity index (χ1n) is 6.03. The number of phenols is 1. The lowest BCUT2D eigenvalue weighted by atomic mass is 10.2. The normalized spacial score (nSPS) is 10.3. The number of carbonyl (C=O) groups excluding carboxylic acids is 1. The molecule has 0 heterocycles. The summed E-state index contributed by atoms with van der Waals surface area (Å²) in [5.74, 6) is -0.355. The van der Waals surface area contributed by atoms with E-state index in [2.05, 4.69) is 15.9 Å². The third-order valence-electron chi connectivity index (χ3n) is 2.51. The van der Waals surface area contributed by atoms with Gasteiger partial charge in [-0.25, -0.2) is 4.79 Å². The van der Waals surface area contributed by atoms with E-state index in [1.165, 1.54) is 17.8 Å². The number of ether oxygens (including phenoxy) is 1. The summed E-state index contributed by atoms with van der Waals surface area (Å²) in [6.07, 6.45) is 0. The fourth-order valence-corrected chi connectivity index (χ4v) is 2.66. The average molecular weight is 353 g/mol. The predicted molar refractivity (Wildman–Crippen MR) is 82.3 cm³/mol. The number of hydrogen-bond acceptors (Lipinski definition) is 4. The van der Waals surface area contributed by atoms with Gasteiger partial charge in [-0.15, -0.1) is 0 Å². The Morgan fingerprint density at radius 3 is 2.55 bits per heavy atom. The third-order valence-corrected chi connectivity index (χ3v) is 4.11. The molecule has 0 saturated carbocycles. The van der Waals surface area contributed by atoms with Gasteiger partial charge in [0.15, 0.2) is 0 Å². The number of hydrogen-bond donors (Lipinski definition) is 1. The molecule has 20 heavy (non-hydrogen) atoms. The number of phenolic OH excluding ortho intramolecular Hbond substituents is 1. The average Bonchev–Trinajstić information content (AvgIpc) is 2.43. The van der Waals surface area contributed by atoms with Crippen molar-refractivity contribution in [2.24, 2.45) is 0 Å². The molecule has 0 radical (unpaired) electrons. The van der Waals surface area contributed by atoms with Gasteiger partial charge in [-0.05, 0) is 49.4 Å². The SMILES string of the molecule is CCOC(=O)c1ccc(Sc2ccc(Br)cc2)c(O)c1. The second kappa shape index (κ2) is 6.81. The van der Waals surface area contributed by atoms with Gasteiger partial charge in [-0.3, -0.25) is 0 Å². The molecule has 0 bridgehead atoms. The molecule has 0 aliphatic carbocycles. The largest absolute Gasteiger partial charge is 0.507 e. The summed E-state index contributed by atoms with van der Waals surface area (Å²) in [5, 5.41) is 9.99. The molecule has 0 aliphatic heterocycles. The highest BCUT2D eigenvalue weighted by Gasteiger charge is 2.10. The molecule has 0 aromatic heterocycles. The summed E-state index contributed by atoms with van der Waals surface area (Å²) >= 11 is 4.81. The van der Waals surface area contributed by atoms with Crippen LogP contribution in [0.15, 0.2) is 56.7 Å². The minimum atomic E-state index is -0.428. The van der Waals surface area contributed by atoms with Crippen molar-refractivity contribution in [2.75, 3.05) is 6.61 Å². The summed E-state index contributed by atoms with van der Waals surface area (Å²) in [5.41, 5.74) is 0.351. The summed E-state index contributed by atoms with van der Waals surface area (Å²) in [4.78, 5) is 13.3. The predicted octanol–water partition coefficient (Wildman–Crippen LogP) is 4.48. The Bertz CT molecular complexity index is 611. The van der Waals surface area contributed by atoms with Crippen LogP contribution in [0.3, 0.4) is 0 Å². The van der Waals surface area contributed by atoms with Gasteiger partial charge in [-0.1, -0.05) is 27.7 Å². The van der Waals surface area contributed by atoms with Crippen LogP contribution < -0.4 is 0 Å². The lowest BCUT2D eigenvalue weighted by Crippen LogP contribution is -2.04. The minimum Gasteiger partial charge on any atom is -0.507 e. The van der Waals surface area contributed by atoms with Crippen LogP contribution in [0.2, 0.25) is 0 Å². The van der Waals surface area contributed by atoms with E-state index in [1.54, 1.807) is 19.1 Å². The highest BCUT2D eigenvalue weighted by Crippen LogP contribution is 2.35. The van der Waals surface area contributed by atoms with Gasteiger partial charge in [0, 0.05) is 9.37 Å². The first-order valence-corrected chi connectivity index (χ1v) is 7.64. The van der Waals surface area contributed by atoms with Crippen LogP contribution in [0, 0.1) is 0 Å². The molecule has 0 spiro atoms. The zero-order chi connectivity index (χ0) is 14.5. The second-order valence-electron chi connectivity index (χ2n) is 3.96. The van der Waals surface area contributed by atoms with Crippen molar-refractivity contribution in [1.29, 1.82) is 0 Å². The van der Waals surface area contributed by atoms with Gasteiger partial charge in [0.05, 0.1) is 17.1 Å². The number of rotatable bonds is 4. The molecule has 0 fully saturated rings. The Balaban J connectivity index is 2.17. The van der Waals surface area contributed by atoms with Gasteiger partial charge < -0.3 is 9.84 Å². The molecule has 0 atom stereocenters. The lowest BCUT2D eigenvalue weighted by molar-refractivity contribution is 0.0526. The zero-order valence-electron chi connectivity index (χ0n) is 10.8. The van der Waals surface area contributed by atoms with E-state index < -0.39 is 5.97 Å². The Morgan fingerprint density at radius 1 is 1.25 bits per heavy atom. The van der Waals surface area contributed by atoms with Crippen molar-refractivity contribution >= 4 is 33.7 Å². The molecule has 2 aromatic carbocycles.